The van der Waals surface area contributed by atoms with Crippen LogP contribution in [-0.2, 0) is 22.3 Å². The number of hydrogen-bond donors (Lipinski definition) is 1. The zero-order valence-electron chi connectivity index (χ0n) is 17.6. The highest BCUT2D eigenvalue weighted by Crippen LogP contribution is 2.25. The van der Waals surface area contributed by atoms with Crippen LogP contribution in [0, 0.1) is 5.82 Å². The van der Waals surface area contributed by atoms with Crippen molar-refractivity contribution in [1.29, 1.82) is 0 Å². The molecular weight excluding hydrogens is 538 g/mol. The van der Waals surface area contributed by atoms with E-state index in [9.17, 15) is 17.6 Å². The summed E-state index contributed by atoms with van der Waals surface area (Å²) in [5, 5.41) is 0.911. The van der Waals surface area contributed by atoms with Gasteiger partial charge in [0.25, 0.3) is 0 Å². The highest BCUT2D eigenvalue weighted by molar-refractivity contribution is 7.98. The second kappa shape index (κ2) is 10.8. The highest BCUT2D eigenvalue weighted by Gasteiger charge is 2.17. The van der Waals surface area contributed by atoms with Gasteiger partial charge in [-0.3, -0.25) is 9.36 Å². The lowest BCUT2D eigenvalue weighted by molar-refractivity contribution is 0.584. The maximum absolute atomic E-state index is 13.8. The van der Waals surface area contributed by atoms with Gasteiger partial charge in [0.1, 0.15) is 5.82 Å². The van der Waals surface area contributed by atoms with E-state index in [0.29, 0.717) is 43.9 Å². The first kappa shape index (κ1) is 25.2. The standard InChI is InChI=1S/C23H19Cl2FN2O3S3/c24-18-5-2-1-4-15(18)13-28-21-9-8-16(12-22(21)33-23(28)29)34(30,31)27-10-11-32-14-17-19(25)6-3-7-20(17)26/h1-9,12,27H,10-11,13-14H2. The Morgan fingerprint density at radius 3 is 2.56 bits per heavy atom. The number of thiazole rings is 1. The topological polar surface area (TPSA) is 68.2 Å². The van der Waals surface area contributed by atoms with E-state index in [1.807, 2.05) is 18.2 Å². The summed E-state index contributed by atoms with van der Waals surface area (Å²) in [5.74, 6) is 0.397. The number of hydrogen-bond acceptors (Lipinski definition) is 5. The van der Waals surface area contributed by atoms with E-state index >= 15 is 0 Å². The molecule has 0 unspecified atom stereocenters. The molecule has 0 aliphatic heterocycles. The van der Waals surface area contributed by atoms with Crippen molar-refractivity contribution in [3.8, 4) is 0 Å². The lowest BCUT2D eigenvalue weighted by atomic mass is 10.2. The first-order chi connectivity index (χ1) is 16.3. The van der Waals surface area contributed by atoms with Crippen molar-refractivity contribution in [2.24, 2.45) is 0 Å². The van der Waals surface area contributed by atoms with Crippen LogP contribution in [-0.4, -0.2) is 25.3 Å². The molecule has 5 nitrogen and oxygen atoms in total. The van der Waals surface area contributed by atoms with Crippen LogP contribution in [0.3, 0.4) is 0 Å². The van der Waals surface area contributed by atoms with Crippen LogP contribution in [0.2, 0.25) is 10.0 Å². The maximum atomic E-state index is 13.8. The van der Waals surface area contributed by atoms with E-state index in [0.717, 1.165) is 16.9 Å². The van der Waals surface area contributed by atoms with Crippen molar-refractivity contribution < 1.29 is 12.8 Å². The third kappa shape index (κ3) is 5.67. The molecule has 1 N–H and O–H groups in total. The van der Waals surface area contributed by atoms with Gasteiger partial charge >= 0.3 is 4.87 Å². The van der Waals surface area contributed by atoms with Gasteiger partial charge in [0.2, 0.25) is 10.0 Å². The monoisotopic (exact) mass is 556 g/mol. The van der Waals surface area contributed by atoms with Gasteiger partial charge in [-0.15, -0.1) is 0 Å². The van der Waals surface area contributed by atoms with Gasteiger partial charge in [-0.1, -0.05) is 58.8 Å². The Morgan fingerprint density at radius 2 is 1.79 bits per heavy atom. The third-order valence-corrected chi connectivity index (χ3v) is 9.19. The van der Waals surface area contributed by atoms with E-state index in [-0.39, 0.29) is 22.1 Å². The predicted octanol–water partition coefficient (Wildman–Crippen LogP) is 5.77. The number of benzene rings is 3. The molecule has 0 saturated heterocycles. The van der Waals surface area contributed by atoms with Gasteiger partial charge in [0.05, 0.1) is 21.7 Å². The molecule has 0 saturated carbocycles. The fourth-order valence-corrected chi connectivity index (χ4v) is 6.92. The molecule has 4 rings (SSSR count). The molecule has 0 bridgehead atoms. The van der Waals surface area contributed by atoms with Crippen LogP contribution < -0.4 is 9.60 Å². The molecule has 4 aromatic rings. The molecule has 34 heavy (non-hydrogen) atoms. The summed E-state index contributed by atoms with van der Waals surface area (Å²) < 4.78 is 44.0. The molecule has 0 atom stereocenters. The predicted molar refractivity (Wildman–Crippen MR) is 139 cm³/mol. The number of aromatic nitrogens is 1. The van der Waals surface area contributed by atoms with Gasteiger partial charge in [-0.05, 0) is 42.0 Å². The zero-order chi connectivity index (χ0) is 24.3. The van der Waals surface area contributed by atoms with Crippen LogP contribution in [0.25, 0.3) is 10.2 Å². The van der Waals surface area contributed by atoms with Crippen LogP contribution in [0.5, 0.6) is 0 Å². The molecular formula is C23H19Cl2FN2O3S3. The molecule has 1 aromatic heterocycles. The molecule has 3 aromatic carbocycles. The molecule has 1 heterocycles. The Balaban J connectivity index is 1.42. The van der Waals surface area contributed by atoms with E-state index in [2.05, 4.69) is 4.72 Å². The number of nitrogens with zero attached hydrogens (tertiary/aromatic N) is 1. The summed E-state index contributed by atoms with van der Waals surface area (Å²) >= 11 is 14.6. The fourth-order valence-electron chi connectivity index (χ4n) is 3.34. The van der Waals surface area contributed by atoms with Gasteiger partial charge in [-0.2, -0.15) is 11.8 Å². The number of rotatable bonds is 9. The van der Waals surface area contributed by atoms with Crippen molar-refractivity contribution in [2.75, 3.05) is 12.3 Å². The van der Waals surface area contributed by atoms with Gasteiger partial charge in [0.15, 0.2) is 0 Å². The number of nitrogens with one attached hydrogen (secondary N) is 1. The average molecular weight is 558 g/mol. The van der Waals surface area contributed by atoms with Crippen LogP contribution in [0.4, 0.5) is 4.39 Å². The van der Waals surface area contributed by atoms with Gasteiger partial charge < -0.3 is 0 Å². The fraction of sp³-hybridized carbons (Fsp3) is 0.174. The van der Waals surface area contributed by atoms with Gasteiger partial charge in [0, 0.05) is 33.7 Å². The summed E-state index contributed by atoms with van der Waals surface area (Å²) in [5.41, 5.74) is 1.85. The zero-order valence-corrected chi connectivity index (χ0v) is 21.6. The number of halogens is 3. The third-order valence-electron chi connectivity index (χ3n) is 5.08. The first-order valence-corrected chi connectivity index (χ1v) is 14.3. The second-order valence-corrected chi connectivity index (χ2v) is 12.0. The van der Waals surface area contributed by atoms with Crippen molar-refractivity contribution in [1.82, 2.24) is 9.29 Å². The molecule has 178 valence electrons. The highest BCUT2D eigenvalue weighted by atomic mass is 35.5. The SMILES string of the molecule is O=c1sc2cc(S(=O)(=O)NCCSCc3c(F)cccc3Cl)ccc2n1Cc1ccccc1Cl. The molecule has 0 fully saturated rings. The van der Waals surface area contributed by atoms with Crippen molar-refractivity contribution >= 4 is 66.5 Å². The summed E-state index contributed by atoms with van der Waals surface area (Å²) in [6.45, 7) is 0.465. The van der Waals surface area contributed by atoms with E-state index in [1.54, 1.807) is 28.8 Å². The smallest absolute Gasteiger partial charge is 0.294 e. The average Bonchev–Trinajstić information content (AvgIpc) is 3.11. The van der Waals surface area contributed by atoms with E-state index in [4.69, 9.17) is 23.2 Å². The summed E-state index contributed by atoms with van der Waals surface area (Å²) in [6.07, 6.45) is 0. The van der Waals surface area contributed by atoms with Gasteiger partial charge in [-0.25, -0.2) is 17.5 Å². The minimum Gasteiger partial charge on any atom is -0.294 e. The van der Waals surface area contributed by atoms with Crippen molar-refractivity contribution in [2.45, 2.75) is 17.2 Å². The summed E-state index contributed by atoms with van der Waals surface area (Å²) in [4.78, 5) is 12.4. The Labute approximate surface area is 214 Å². The minimum absolute atomic E-state index is 0.0771. The molecule has 0 amide bonds. The van der Waals surface area contributed by atoms with Crippen LogP contribution >= 0.6 is 46.3 Å². The van der Waals surface area contributed by atoms with E-state index in [1.165, 1.54) is 30.0 Å². The van der Waals surface area contributed by atoms with E-state index < -0.39 is 10.0 Å². The summed E-state index contributed by atoms with van der Waals surface area (Å²) in [6, 6.07) is 16.4. The Morgan fingerprint density at radius 1 is 1.03 bits per heavy atom. The number of thioether (sulfide) groups is 1. The molecule has 11 heteroatoms. The lowest BCUT2D eigenvalue weighted by Crippen LogP contribution is -2.26. The summed E-state index contributed by atoms with van der Waals surface area (Å²) in [7, 11) is -3.77. The quantitative estimate of drug-likeness (QED) is 0.266. The molecule has 0 aliphatic carbocycles. The maximum Gasteiger partial charge on any atom is 0.308 e. The van der Waals surface area contributed by atoms with Crippen LogP contribution in [0.1, 0.15) is 11.1 Å². The first-order valence-electron chi connectivity index (χ1n) is 10.1. The minimum atomic E-state index is -3.77. The normalized spacial score (nSPS) is 11.9. The Kier molecular flexibility index (Phi) is 8.01. The van der Waals surface area contributed by atoms with Crippen molar-refractivity contribution in [3.63, 3.8) is 0 Å². The largest absolute Gasteiger partial charge is 0.308 e. The Bertz CT molecular complexity index is 1480. The Hall–Kier alpha value is -1.88. The lowest BCUT2D eigenvalue weighted by Gasteiger charge is -2.09. The molecule has 0 radical (unpaired) electrons. The molecule has 0 aliphatic rings. The number of fused-ring (bicyclic) bond motifs is 1. The second-order valence-electron chi connectivity index (χ2n) is 7.33. The number of sulfonamides is 1. The molecule has 0 spiro atoms. The van der Waals surface area contributed by atoms with Crippen LogP contribution in [0.15, 0.2) is 70.4 Å². The van der Waals surface area contributed by atoms with Crippen molar-refractivity contribution in [3.05, 3.63) is 97.3 Å².